The fraction of sp³-hybridized carbons (Fsp3) is 0.190. The van der Waals surface area contributed by atoms with Gasteiger partial charge in [-0.1, -0.05) is 30.3 Å². The summed E-state index contributed by atoms with van der Waals surface area (Å²) in [5.41, 5.74) is -5.04. The van der Waals surface area contributed by atoms with Gasteiger partial charge in [0.15, 0.2) is 0 Å². The van der Waals surface area contributed by atoms with Crippen molar-refractivity contribution in [1.29, 1.82) is 0 Å². The van der Waals surface area contributed by atoms with Gasteiger partial charge >= 0.3 is 15.5 Å². The number of phenolic OH excluding ortho intramolecular Hbond substituents is 2. The van der Waals surface area contributed by atoms with Crippen molar-refractivity contribution < 1.29 is 57.3 Å². The minimum absolute atomic E-state index is 0. The van der Waals surface area contributed by atoms with Gasteiger partial charge in [-0.25, -0.2) is 16.8 Å². The molecule has 1 radical (unpaired) electrons. The number of aliphatic imine (C=N–C) groups is 1. The molecule has 3 aromatic carbocycles. The molecule has 0 heterocycles. The zero-order valence-electron chi connectivity index (χ0n) is 18.0. The summed E-state index contributed by atoms with van der Waals surface area (Å²) in [6, 6.07) is 15.2. The molecule has 3 rings (SSSR count). The maximum Gasteiger partial charge on any atom is 0.512 e. The van der Waals surface area contributed by atoms with Gasteiger partial charge < -0.3 is 10.2 Å². The number of halogens is 3. The van der Waals surface area contributed by atoms with E-state index < -0.39 is 31.3 Å². The van der Waals surface area contributed by atoms with Crippen LogP contribution in [0.4, 0.5) is 18.9 Å². The van der Waals surface area contributed by atoms with Crippen LogP contribution in [0.25, 0.3) is 10.8 Å². The third-order valence-electron chi connectivity index (χ3n) is 4.59. The molecule has 0 bridgehead atoms. The molecule has 0 spiro atoms. The number of nitrogens with zero attached hydrogens (tertiary/aromatic N) is 1. The van der Waals surface area contributed by atoms with Crippen molar-refractivity contribution in [3.63, 3.8) is 0 Å². The van der Waals surface area contributed by atoms with Gasteiger partial charge in [-0.3, -0.25) is 4.99 Å². The summed E-state index contributed by atoms with van der Waals surface area (Å²) in [5, 5.41) is 22.1. The zero-order chi connectivity index (χ0) is 25.9. The van der Waals surface area contributed by atoms with E-state index in [1.54, 1.807) is 12.1 Å². The first kappa shape index (κ1) is 29.9. The quantitative estimate of drug-likeness (QED) is 0.143. The Labute approximate surface area is 220 Å². The number of alkyl halides is 3. The second-order valence-electron chi connectivity index (χ2n) is 7.18. The van der Waals surface area contributed by atoms with E-state index in [-0.39, 0.29) is 46.4 Å². The van der Waals surface area contributed by atoms with Crippen molar-refractivity contribution in [1.82, 2.24) is 4.13 Å². The molecule has 0 saturated carbocycles. The van der Waals surface area contributed by atoms with Crippen LogP contribution in [-0.4, -0.2) is 50.3 Å². The molecule has 3 aromatic rings. The summed E-state index contributed by atoms with van der Waals surface area (Å²) in [6.45, 7) is 0. The normalized spacial score (nSPS) is 12.6. The van der Waals surface area contributed by atoms with Crippen LogP contribution in [0.1, 0.15) is 12.0 Å². The van der Waals surface area contributed by atoms with Gasteiger partial charge in [-0.05, 0) is 47.2 Å². The number of rotatable bonds is 9. The number of hydrogen-bond acceptors (Lipinski definition) is 8. The first-order chi connectivity index (χ1) is 16.3. The maximum atomic E-state index is 12.3. The van der Waals surface area contributed by atoms with Gasteiger partial charge in [-0.2, -0.15) is 13.2 Å². The van der Waals surface area contributed by atoms with Crippen LogP contribution in [-0.2, 0) is 37.1 Å². The van der Waals surface area contributed by atoms with E-state index in [1.165, 1.54) is 24.4 Å². The molecule has 0 fully saturated rings. The molecule has 0 aliphatic carbocycles. The van der Waals surface area contributed by atoms with Crippen molar-refractivity contribution >= 4 is 54.5 Å². The molecule has 0 atom stereocenters. The minimum Gasteiger partial charge on any atom is -0.507 e. The molecule has 8 nitrogen and oxygen atoms in total. The number of sulfonamides is 2. The number of phenols is 2. The van der Waals surface area contributed by atoms with Gasteiger partial charge in [0.2, 0.25) is 10.0 Å². The topological polar surface area (TPSA) is 133 Å². The van der Waals surface area contributed by atoms with Crippen molar-refractivity contribution in [2.24, 2.45) is 4.99 Å². The second-order valence-corrected chi connectivity index (χ2v) is 12.1. The van der Waals surface area contributed by atoms with Crippen LogP contribution in [0.2, 0.25) is 0 Å². The molecule has 15 heteroatoms. The molecule has 0 amide bonds. The molecule has 0 unspecified atom stereocenters. The van der Waals surface area contributed by atoms with Crippen molar-refractivity contribution in [2.45, 2.75) is 16.8 Å². The molecule has 3 N–H and O–H groups in total. The van der Waals surface area contributed by atoms with E-state index in [0.29, 0.717) is 14.6 Å². The number of fused-ring (bicyclic) bond motifs is 1. The summed E-state index contributed by atoms with van der Waals surface area (Å²) >= 11 is 1.11. The van der Waals surface area contributed by atoms with E-state index in [2.05, 4.69) is 4.99 Å². The minimum atomic E-state index is -6.00. The van der Waals surface area contributed by atoms with Crippen LogP contribution >= 0.6 is 11.8 Å². The maximum absolute atomic E-state index is 12.3. The van der Waals surface area contributed by atoms with E-state index >= 15 is 0 Å². The smallest absolute Gasteiger partial charge is 0.507 e. The summed E-state index contributed by atoms with van der Waals surface area (Å²) in [4.78, 5) is 4.76. The van der Waals surface area contributed by atoms with Gasteiger partial charge in [-0.15, -0.1) is 15.9 Å². The largest absolute Gasteiger partial charge is 0.512 e. The van der Waals surface area contributed by atoms with Crippen LogP contribution in [0.15, 0.2) is 64.5 Å². The molecule has 199 valence electrons. The molecule has 0 saturated heterocycles. The number of aromatic hydroxyl groups is 2. The van der Waals surface area contributed by atoms with Crippen LogP contribution in [0.3, 0.4) is 0 Å². The fourth-order valence-electron chi connectivity index (χ4n) is 2.95. The van der Waals surface area contributed by atoms with Crippen LogP contribution in [0, 0.1) is 0 Å². The predicted molar refractivity (Wildman–Crippen MR) is 128 cm³/mol. The predicted octanol–water partition coefficient (Wildman–Crippen LogP) is 4.25. The van der Waals surface area contributed by atoms with Gasteiger partial charge in [0.1, 0.15) is 17.2 Å². The average molecular weight is 612 g/mol. The van der Waals surface area contributed by atoms with Gasteiger partial charge in [0, 0.05) is 33.7 Å². The van der Waals surface area contributed by atoms with Gasteiger partial charge in [0.05, 0.1) is 5.75 Å². The fourth-order valence-corrected chi connectivity index (χ4v) is 6.59. The monoisotopic (exact) mass is 611 g/mol. The Kier molecular flexibility index (Phi) is 9.84. The third kappa shape index (κ3) is 7.60. The molecular weight excluding hydrogens is 593 g/mol. The van der Waals surface area contributed by atoms with E-state index in [9.17, 15) is 40.2 Å². The van der Waals surface area contributed by atoms with Crippen molar-refractivity contribution in [2.75, 3.05) is 11.5 Å². The second kappa shape index (κ2) is 11.8. The summed E-state index contributed by atoms with van der Waals surface area (Å²) < 4.78 is 82.8. The average Bonchev–Trinajstić information content (AvgIpc) is 2.75. The van der Waals surface area contributed by atoms with Crippen LogP contribution in [0.5, 0.6) is 11.5 Å². The number of nitrogens with one attached hydrogen (secondary N) is 1. The van der Waals surface area contributed by atoms with Gasteiger partial charge in [0.25, 0.3) is 0 Å². The third-order valence-corrected chi connectivity index (χ3v) is 9.00. The standard InChI is InChI=1S/C21H19F3N2O6S3.Cu/c22-21(23,24)35(31,32)26-34(29,30)11-3-10-33-15-7-8-18(20(28)12-15)25-13-17-16-5-2-1-4-14(16)6-9-19(17)27;/h1-2,4-9,12-13,26-28H,3,10-11H2;. The zero-order valence-corrected chi connectivity index (χ0v) is 21.4. The molecule has 0 aromatic heterocycles. The number of hydrogen-bond donors (Lipinski definition) is 3. The number of benzene rings is 3. The Balaban J connectivity index is 0.00000456. The Morgan fingerprint density at radius 1 is 0.972 bits per heavy atom. The Bertz CT molecular complexity index is 1480. The summed E-state index contributed by atoms with van der Waals surface area (Å²) in [6.07, 6.45) is 1.28. The summed E-state index contributed by atoms with van der Waals surface area (Å²) in [5.74, 6) is -0.875. The first-order valence-corrected chi connectivity index (χ1v) is 13.9. The first-order valence-electron chi connectivity index (χ1n) is 9.82. The molecule has 0 aliphatic heterocycles. The van der Waals surface area contributed by atoms with Crippen molar-refractivity contribution in [3.05, 3.63) is 60.2 Å². The Hall–Kier alpha value is -2.29. The SMILES string of the molecule is O=S(=O)(CCCSc1ccc(N=Cc2c(O)ccc3ccccc23)c(O)c1)NS(=O)(=O)C(F)(F)F.[Cu]. The van der Waals surface area contributed by atoms with E-state index in [0.717, 1.165) is 22.5 Å². The van der Waals surface area contributed by atoms with E-state index in [4.69, 9.17) is 0 Å². The molecule has 36 heavy (non-hydrogen) atoms. The van der Waals surface area contributed by atoms with Crippen LogP contribution < -0.4 is 4.13 Å². The molecule has 0 aliphatic rings. The van der Waals surface area contributed by atoms with E-state index in [1.807, 2.05) is 24.3 Å². The molecular formula is C21H19CuF3N2O6S3. The summed E-state index contributed by atoms with van der Waals surface area (Å²) in [7, 11) is -10.7. The van der Waals surface area contributed by atoms with Crippen molar-refractivity contribution in [3.8, 4) is 11.5 Å². The Morgan fingerprint density at radius 3 is 2.33 bits per heavy atom. The number of thioether (sulfide) groups is 1. The Morgan fingerprint density at radius 2 is 1.67 bits per heavy atom.